The number of amides is 1. The van der Waals surface area contributed by atoms with Crippen LogP contribution in [0.2, 0.25) is 0 Å². The zero-order valence-electron chi connectivity index (χ0n) is 12.4. The summed E-state index contributed by atoms with van der Waals surface area (Å²) in [4.78, 5) is 14.8. The maximum atomic E-state index is 12.8. The minimum absolute atomic E-state index is 0.110. The van der Waals surface area contributed by atoms with E-state index < -0.39 is 0 Å². The van der Waals surface area contributed by atoms with Crippen molar-refractivity contribution in [3.8, 4) is 0 Å². The standard InChI is InChI=1S/C16H24N2O2/c1-12-7-8-15(17-2)14(11-12)16(20)18-9-3-5-13(18)6-4-10-19/h7-8,11,13,17,19H,3-6,9-10H2,1-2H3. The summed E-state index contributed by atoms with van der Waals surface area (Å²) in [5.74, 6) is 0.110. The highest BCUT2D eigenvalue weighted by molar-refractivity contribution is 6.00. The van der Waals surface area contributed by atoms with Crippen LogP contribution in [0, 0.1) is 6.92 Å². The number of carbonyl (C=O) groups excluding carboxylic acids is 1. The van der Waals surface area contributed by atoms with Gasteiger partial charge in [0.15, 0.2) is 0 Å². The molecule has 110 valence electrons. The molecular formula is C16H24N2O2. The highest BCUT2D eigenvalue weighted by atomic mass is 16.3. The summed E-state index contributed by atoms with van der Waals surface area (Å²) in [7, 11) is 1.84. The lowest BCUT2D eigenvalue weighted by Crippen LogP contribution is -2.36. The van der Waals surface area contributed by atoms with Crippen LogP contribution in [0.25, 0.3) is 0 Å². The molecule has 1 amide bonds. The Labute approximate surface area is 120 Å². The number of aryl methyl sites for hydroxylation is 1. The Morgan fingerprint density at radius 1 is 1.50 bits per heavy atom. The molecule has 0 bridgehead atoms. The maximum Gasteiger partial charge on any atom is 0.256 e. The summed E-state index contributed by atoms with van der Waals surface area (Å²) in [5, 5.41) is 12.1. The molecule has 4 nitrogen and oxygen atoms in total. The number of nitrogens with one attached hydrogen (secondary N) is 1. The second kappa shape index (κ2) is 6.75. The molecule has 1 aliphatic rings. The normalized spacial score (nSPS) is 18.4. The van der Waals surface area contributed by atoms with Gasteiger partial charge >= 0.3 is 0 Å². The second-order valence-corrected chi connectivity index (χ2v) is 5.46. The maximum absolute atomic E-state index is 12.8. The van der Waals surface area contributed by atoms with Crippen molar-refractivity contribution in [1.82, 2.24) is 4.90 Å². The molecule has 1 unspecified atom stereocenters. The first-order valence-electron chi connectivity index (χ1n) is 7.37. The number of rotatable bonds is 5. The summed E-state index contributed by atoms with van der Waals surface area (Å²) in [5.41, 5.74) is 2.73. The van der Waals surface area contributed by atoms with Crippen molar-refractivity contribution in [3.05, 3.63) is 29.3 Å². The van der Waals surface area contributed by atoms with Gasteiger partial charge in [-0.3, -0.25) is 4.79 Å². The molecule has 2 N–H and O–H groups in total. The smallest absolute Gasteiger partial charge is 0.256 e. The molecule has 2 rings (SSSR count). The van der Waals surface area contributed by atoms with E-state index in [0.717, 1.165) is 49.0 Å². The van der Waals surface area contributed by atoms with E-state index in [4.69, 9.17) is 5.11 Å². The number of likely N-dealkylation sites (tertiary alicyclic amines) is 1. The van der Waals surface area contributed by atoms with Gasteiger partial charge in [0.2, 0.25) is 0 Å². The Morgan fingerprint density at radius 3 is 3.00 bits per heavy atom. The Hall–Kier alpha value is -1.55. The van der Waals surface area contributed by atoms with Crippen molar-refractivity contribution in [2.24, 2.45) is 0 Å². The molecule has 0 aliphatic carbocycles. The summed E-state index contributed by atoms with van der Waals surface area (Å²) in [6.07, 6.45) is 3.76. The van der Waals surface area contributed by atoms with Gasteiger partial charge in [-0.15, -0.1) is 0 Å². The number of anilines is 1. The van der Waals surface area contributed by atoms with E-state index in [1.54, 1.807) is 0 Å². The zero-order valence-corrected chi connectivity index (χ0v) is 12.4. The molecule has 4 heteroatoms. The average Bonchev–Trinajstić information content (AvgIpc) is 2.92. The van der Waals surface area contributed by atoms with Gasteiger partial charge < -0.3 is 15.3 Å². The third-order valence-corrected chi connectivity index (χ3v) is 4.01. The van der Waals surface area contributed by atoms with Crippen LogP contribution < -0.4 is 5.32 Å². The van der Waals surface area contributed by atoms with E-state index in [-0.39, 0.29) is 18.6 Å². The fraction of sp³-hybridized carbons (Fsp3) is 0.562. The number of hydrogen-bond acceptors (Lipinski definition) is 3. The van der Waals surface area contributed by atoms with Crippen LogP contribution in [-0.4, -0.2) is 42.2 Å². The van der Waals surface area contributed by atoms with Crippen molar-refractivity contribution >= 4 is 11.6 Å². The lowest BCUT2D eigenvalue weighted by molar-refractivity contribution is 0.0725. The molecular weight excluding hydrogens is 252 g/mol. The minimum Gasteiger partial charge on any atom is -0.396 e. The lowest BCUT2D eigenvalue weighted by atomic mass is 10.1. The number of aliphatic hydroxyl groups is 1. The highest BCUT2D eigenvalue weighted by Crippen LogP contribution is 2.26. The SMILES string of the molecule is CNc1ccc(C)cc1C(=O)N1CCCC1CCCO. The molecule has 1 atom stereocenters. The van der Waals surface area contributed by atoms with Gasteiger partial charge in [-0.1, -0.05) is 11.6 Å². The van der Waals surface area contributed by atoms with Gasteiger partial charge in [0.1, 0.15) is 0 Å². The van der Waals surface area contributed by atoms with E-state index in [1.165, 1.54) is 0 Å². The highest BCUT2D eigenvalue weighted by Gasteiger charge is 2.29. The predicted octanol–water partition coefficient (Wildman–Crippen LogP) is 2.41. The number of benzene rings is 1. The van der Waals surface area contributed by atoms with Crippen molar-refractivity contribution in [3.63, 3.8) is 0 Å². The molecule has 20 heavy (non-hydrogen) atoms. The molecule has 1 saturated heterocycles. The van der Waals surface area contributed by atoms with Gasteiger partial charge in [0.25, 0.3) is 5.91 Å². The van der Waals surface area contributed by atoms with Crippen molar-refractivity contribution in [1.29, 1.82) is 0 Å². The van der Waals surface area contributed by atoms with E-state index in [0.29, 0.717) is 0 Å². The largest absolute Gasteiger partial charge is 0.396 e. The fourth-order valence-electron chi connectivity index (χ4n) is 2.94. The van der Waals surface area contributed by atoms with Gasteiger partial charge in [0.05, 0.1) is 5.56 Å². The van der Waals surface area contributed by atoms with Gasteiger partial charge in [-0.2, -0.15) is 0 Å². The van der Waals surface area contributed by atoms with Gasteiger partial charge in [-0.05, 0) is 44.7 Å². The third kappa shape index (κ3) is 3.12. The quantitative estimate of drug-likeness (QED) is 0.868. The predicted molar refractivity (Wildman–Crippen MR) is 81.1 cm³/mol. The van der Waals surface area contributed by atoms with E-state index in [2.05, 4.69) is 5.32 Å². The number of hydrogen-bond donors (Lipinski definition) is 2. The van der Waals surface area contributed by atoms with Crippen LogP contribution in [0.1, 0.15) is 41.6 Å². The Kier molecular flexibility index (Phi) is 5.01. The molecule has 0 aromatic heterocycles. The topological polar surface area (TPSA) is 52.6 Å². The first-order chi connectivity index (χ1) is 9.67. The monoisotopic (exact) mass is 276 g/mol. The fourth-order valence-corrected chi connectivity index (χ4v) is 2.94. The number of nitrogens with zero attached hydrogens (tertiary/aromatic N) is 1. The Balaban J connectivity index is 2.19. The average molecular weight is 276 g/mol. The summed E-state index contributed by atoms with van der Waals surface area (Å²) in [6.45, 7) is 3.03. The molecule has 1 aliphatic heterocycles. The molecule has 1 aromatic rings. The Bertz CT molecular complexity index is 474. The van der Waals surface area contributed by atoms with E-state index in [9.17, 15) is 4.79 Å². The van der Waals surface area contributed by atoms with Crippen molar-refractivity contribution in [2.75, 3.05) is 25.5 Å². The molecule has 1 heterocycles. The first kappa shape index (κ1) is 14.9. The molecule has 1 fully saturated rings. The minimum atomic E-state index is 0.110. The van der Waals surface area contributed by atoms with Gasteiger partial charge in [0, 0.05) is 31.9 Å². The van der Waals surface area contributed by atoms with Crippen LogP contribution in [0.3, 0.4) is 0 Å². The molecule has 0 radical (unpaired) electrons. The number of aliphatic hydroxyl groups excluding tert-OH is 1. The number of carbonyl (C=O) groups is 1. The van der Waals surface area contributed by atoms with Gasteiger partial charge in [-0.25, -0.2) is 0 Å². The van der Waals surface area contributed by atoms with Crippen LogP contribution in [0.4, 0.5) is 5.69 Å². The third-order valence-electron chi connectivity index (χ3n) is 4.01. The van der Waals surface area contributed by atoms with Crippen LogP contribution in [0.5, 0.6) is 0 Å². The summed E-state index contributed by atoms with van der Waals surface area (Å²) >= 11 is 0. The summed E-state index contributed by atoms with van der Waals surface area (Å²) < 4.78 is 0. The Morgan fingerprint density at radius 2 is 2.30 bits per heavy atom. The van der Waals surface area contributed by atoms with Crippen LogP contribution >= 0.6 is 0 Å². The van der Waals surface area contributed by atoms with Crippen LogP contribution in [-0.2, 0) is 0 Å². The molecule has 1 aromatic carbocycles. The van der Waals surface area contributed by atoms with E-state index >= 15 is 0 Å². The van der Waals surface area contributed by atoms with E-state index in [1.807, 2.05) is 37.1 Å². The summed E-state index contributed by atoms with van der Waals surface area (Å²) in [6, 6.07) is 6.20. The first-order valence-corrected chi connectivity index (χ1v) is 7.37. The second-order valence-electron chi connectivity index (χ2n) is 5.46. The lowest BCUT2D eigenvalue weighted by Gasteiger charge is -2.25. The molecule has 0 saturated carbocycles. The van der Waals surface area contributed by atoms with Crippen molar-refractivity contribution < 1.29 is 9.90 Å². The van der Waals surface area contributed by atoms with Crippen LogP contribution in [0.15, 0.2) is 18.2 Å². The molecule has 0 spiro atoms. The van der Waals surface area contributed by atoms with Crippen molar-refractivity contribution in [2.45, 2.75) is 38.6 Å². The zero-order chi connectivity index (χ0) is 14.5.